The van der Waals surface area contributed by atoms with Crippen molar-refractivity contribution in [1.29, 1.82) is 0 Å². The molecule has 1 aromatic heterocycles. The number of aryl methyl sites for hydroxylation is 2. The Kier molecular flexibility index (Phi) is 8.01. The van der Waals surface area contributed by atoms with Gasteiger partial charge in [0.15, 0.2) is 5.96 Å². The van der Waals surface area contributed by atoms with Gasteiger partial charge < -0.3 is 25.1 Å². The van der Waals surface area contributed by atoms with E-state index in [2.05, 4.69) is 27.6 Å². The minimum atomic E-state index is -1.01. The quantitative estimate of drug-likeness (QED) is 0.364. The van der Waals surface area contributed by atoms with Crippen LogP contribution in [0.2, 0.25) is 0 Å². The average molecular weight is 450 g/mol. The number of likely N-dealkylation sites (N-methyl/N-ethyl adjacent to an activating group) is 1. The van der Waals surface area contributed by atoms with Crippen LogP contribution >= 0.6 is 24.0 Å². The minimum Gasteiger partial charge on any atom is -0.466 e. The molecule has 6 nitrogen and oxygen atoms in total. The van der Waals surface area contributed by atoms with Crippen molar-refractivity contribution < 1.29 is 9.52 Å². The first-order valence-corrected chi connectivity index (χ1v) is 8.28. The van der Waals surface area contributed by atoms with E-state index >= 15 is 0 Å². The largest absolute Gasteiger partial charge is 0.466 e. The molecule has 138 valence electrons. The Hall–Kier alpha value is -0.800. The first-order chi connectivity index (χ1) is 10.8. The SMILES string of the molecule is CN=C(NCC1CCCN1C)NCC(C)(O)c1cc(C)oc1C.I. The first kappa shape index (κ1) is 21.2. The highest BCUT2D eigenvalue weighted by Crippen LogP contribution is 2.26. The van der Waals surface area contributed by atoms with E-state index in [9.17, 15) is 5.11 Å². The maximum Gasteiger partial charge on any atom is 0.191 e. The molecule has 0 spiro atoms. The van der Waals surface area contributed by atoms with Crippen molar-refractivity contribution in [3.8, 4) is 0 Å². The molecule has 24 heavy (non-hydrogen) atoms. The number of furan rings is 1. The second kappa shape index (κ2) is 9.05. The van der Waals surface area contributed by atoms with Gasteiger partial charge in [0, 0.05) is 25.2 Å². The molecule has 3 N–H and O–H groups in total. The fourth-order valence-electron chi connectivity index (χ4n) is 3.19. The summed E-state index contributed by atoms with van der Waals surface area (Å²) in [4.78, 5) is 6.61. The van der Waals surface area contributed by atoms with Crippen molar-refractivity contribution in [2.45, 2.75) is 45.3 Å². The van der Waals surface area contributed by atoms with Gasteiger partial charge in [-0.2, -0.15) is 0 Å². The molecule has 0 aliphatic carbocycles. The van der Waals surface area contributed by atoms with Gasteiger partial charge in [0.25, 0.3) is 0 Å². The lowest BCUT2D eigenvalue weighted by molar-refractivity contribution is 0.0601. The fraction of sp³-hybridized carbons (Fsp3) is 0.706. The molecule has 2 unspecified atom stereocenters. The highest BCUT2D eigenvalue weighted by Gasteiger charge is 2.28. The van der Waals surface area contributed by atoms with E-state index in [0.717, 1.165) is 30.2 Å². The molecule has 1 fully saturated rings. The van der Waals surface area contributed by atoms with Gasteiger partial charge in [-0.3, -0.25) is 4.99 Å². The summed E-state index contributed by atoms with van der Waals surface area (Å²) in [5.74, 6) is 2.28. The maximum absolute atomic E-state index is 10.7. The van der Waals surface area contributed by atoms with Gasteiger partial charge in [-0.15, -0.1) is 24.0 Å². The molecular formula is C17H31IN4O2. The smallest absolute Gasteiger partial charge is 0.191 e. The van der Waals surface area contributed by atoms with Crippen LogP contribution in [0.4, 0.5) is 0 Å². The number of likely N-dealkylation sites (tertiary alicyclic amines) is 1. The molecule has 1 saturated heterocycles. The molecule has 0 bridgehead atoms. The summed E-state index contributed by atoms with van der Waals surface area (Å²) >= 11 is 0. The third kappa shape index (κ3) is 5.35. The van der Waals surface area contributed by atoms with Gasteiger partial charge in [-0.25, -0.2) is 0 Å². The molecule has 1 aliphatic rings. The molecule has 1 aromatic rings. The normalized spacial score (nSPS) is 21.2. The molecule has 0 radical (unpaired) electrons. The van der Waals surface area contributed by atoms with Crippen LogP contribution in [-0.4, -0.2) is 55.7 Å². The van der Waals surface area contributed by atoms with Crippen molar-refractivity contribution in [3.05, 3.63) is 23.2 Å². The van der Waals surface area contributed by atoms with E-state index in [1.165, 1.54) is 12.8 Å². The van der Waals surface area contributed by atoms with E-state index in [1.54, 1.807) is 14.0 Å². The Morgan fingerprint density at radius 2 is 2.17 bits per heavy atom. The lowest BCUT2D eigenvalue weighted by Crippen LogP contribution is -2.47. The third-order valence-electron chi connectivity index (χ3n) is 4.62. The molecule has 1 aliphatic heterocycles. The van der Waals surface area contributed by atoms with E-state index in [0.29, 0.717) is 18.5 Å². The topological polar surface area (TPSA) is 73.0 Å². The monoisotopic (exact) mass is 450 g/mol. The van der Waals surface area contributed by atoms with Crippen molar-refractivity contribution in [1.82, 2.24) is 15.5 Å². The molecule has 0 aromatic carbocycles. The van der Waals surface area contributed by atoms with Crippen LogP contribution in [-0.2, 0) is 5.60 Å². The zero-order chi connectivity index (χ0) is 17.0. The second-order valence-electron chi connectivity index (χ2n) is 6.68. The van der Waals surface area contributed by atoms with Crippen LogP contribution in [0.5, 0.6) is 0 Å². The second-order valence-corrected chi connectivity index (χ2v) is 6.68. The Bertz CT molecular complexity index is 557. The number of rotatable bonds is 5. The summed E-state index contributed by atoms with van der Waals surface area (Å²) in [6.07, 6.45) is 2.47. The van der Waals surface area contributed by atoms with Crippen molar-refractivity contribution in [2.24, 2.45) is 4.99 Å². The number of aliphatic hydroxyl groups is 1. The van der Waals surface area contributed by atoms with Crippen molar-refractivity contribution in [3.63, 3.8) is 0 Å². The lowest BCUT2D eigenvalue weighted by Gasteiger charge is -2.26. The highest BCUT2D eigenvalue weighted by atomic mass is 127. The summed E-state index contributed by atoms with van der Waals surface area (Å²) < 4.78 is 5.52. The van der Waals surface area contributed by atoms with E-state index in [-0.39, 0.29) is 24.0 Å². The number of hydrogen-bond donors (Lipinski definition) is 3. The predicted molar refractivity (Wildman–Crippen MR) is 108 cm³/mol. The number of hydrogen-bond acceptors (Lipinski definition) is 4. The number of nitrogens with one attached hydrogen (secondary N) is 2. The fourth-order valence-corrected chi connectivity index (χ4v) is 3.19. The lowest BCUT2D eigenvalue weighted by atomic mass is 9.96. The summed E-state index contributed by atoms with van der Waals surface area (Å²) in [5, 5.41) is 17.3. The zero-order valence-electron chi connectivity index (χ0n) is 15.3. The van der Waals surface area contributed by atoms with Gasteiger partial charge in [-0.1, -0.05) is 0 Å². The van der Waals surface area contributed by atoms with Gasteiger partial charge >= 0.3 is 0 Å². The van der Waals surface area contributed by atoms with Gasteiger partial charge in [0.2, 0.25) is 0 Å². The number of guanidine groups is 1. The summed E-state index contributed by atoms with van der Waals surface area (Å²) in [5.41, 5.74) is -0.197. The van der Waals surface area contributed by atoms with Crippen LogP contribution < -0.4 is 10.6 Å². The van der Waals surface area contributed by atoms with Crippen LogP contribution in [0, 0.1) is 13.8 Å². The van der Waals surface area contributed by atoms with Crippen LogP contribution in [0.15, 0.2) is 15.5 Å². The van der Waals surface area contributed by atoms with Crippen LogP contribution in [0.1, 0.15) is 36.8 Å². The van der Waals surface area contributed by atoms with E-state index in [1.807, 2.05) is 19.9 Å². The molecule has 0 saturated carbocycles. The molecular weight excluding hydrogens is 419 g/mol. The van der Waals surface area contributed by atoms with Gasteiger partial charge in [0.05, 0.1) is 6.54 Å². The minimum absolute atomic E-state index is 0. The molecule has 0 amide bonds. The Labute approximate surface area is 162 Å². The summed E-state index contributed by atoms with van der Waals surface area (Å²) in [6.45, 7) is 7.94. The standard InChI is InChI=1S/C17H30N4O2.HI/c1-12-9-15(13(2)23-12)17(3,22)11-20-16(18-4)19-10-14-7-6-8-21(14)5;/h9,14,22H,6-8,10-11H2,1-5H3,(H2,18,19,20);1H. The number of halogens is 1. The third-order valence-corrected chi connectivity index (χ3v) is 4.62. The Balaban J connectivity index is 0.00000288. The van der Waals surface area contributed by atoms with Gasteiger partial charge in [0.1, 0.15) is 17.1 Å². The summed E-state index contributed by atoms with van der Waals surface area (Å²) in [7, 11) is 3.90. The van der Waals surface area contributed by atoms with Crippen molar-refractivity contribution in [2.75, 3.05) is 33.7 Å². The number of nitrogens with zero attached hydrogens (tertiary/aromatic N) is 2. The average Bonchev–Trinajstić information content (AvgIpc) is 3.05. The van der Waals surface area contributed by atoms with Gasteiger partial charge in [-0.05, 0) is 53.3 Å². The molecule has 2 heterocycles. The number of aliphatic imine (C=N–C) groups is 1. The Morgan fingerprint density at radius 3 is 2.67 bits per heavy atom. The highest BCUT2D eigenvalue weighted by molar-refractivity contribution is 14.0. The predicted octanol–water partition coefficient (Wildman–Crippen LogP) is 1.98. The molecule has 2 atom stereocenters. The molecule has 7 heteroatoms. The zero-order valence-corrected chi connectivity index (χ0v) is 17.7. The van der Waals surface area contributed by atoms with Crippen LogP contribution in [0.25, 0.3) is 0 Å². The summed E-state index contributed by atoms with van der Waals surface area (Å²) in [6, 6.07) is 2.44. The Morgan fingerprint density at radius 1 is 1.46 bits per heavy atom. The van der Waals surface area contributed by atoms with Crippen molar-refractivity contribution >= 4 is 29.9 Å². The maximum atomic E-state index is 10.7. The van der Waals surface area contributed by atoms with Crippen LogP contribution in [0.3, 0.4) is 0 Å². The first-order valence-electron chi connectivity index (χ1n) is 8.28. The van der Waals surface area contributed by atoms with E-state index in [4.69, 9.17) is 4.42 Å². The van der Waals surface area contributed by atoms with E-state index < -0.39 is 5.60 Å². The molecule has 2 rings (SSSR count).